The molecule has 0 amide bonds. The molecular weight excluding hydrogens is 318 g/mol. The molecule has 0 aliphatic heterocycles. The number of benzene rings is 2. The molecule has 0 saturated heterocycles. The molecule has 0 saturated carbocycles. The fraction of sp³-hybridized carbons (Fsp3) is 0.188. The maximum atomic E-state index is 12.1. The minimum absolute atomic E-state index is 0.0695. The Bertz CT molecular complexity index is 782. The summed E-state index contributed by atoms with van der Waals surface area (Å²) in [4.78, 5) is 10.8. The molecule has 1 atom stereocenters. The molecule has 3 N–H and O–H groups in total. The summed E-state index contributed by atoms with van der Waals surface area (Å²) in [6.07, 6.45) is 0.153. The number of hydrogen-bond donors (Lipinski definition) is 2. The fourth-order valence-electron chi connectivity index (χ4n) is 1.90. The molecule has 2 aromatic carbocycles. The molecular formula is C16H17NO5S. The van der Waals surface area contributed by atoms with Crippen LogP contribution in [0.1, 0.15) is 11.1 Å². The average molecular weight is 335 g/mol. The van der Waals surface area contributed by atoms with Crippen molar-refractivity contribution in [3.05, 3.63) is 59.7 Å². The van der Waals surface area contributed by atoms with Crippen LogP contribution in [0.15, 0.2) is 53.4 Å². The molecule has 0 radical (unpaired) electrons. The number of rotatable bonds is 6. The van der Waals surface area contributed by atoms with Crippen LogP contribution in [0.2, 0.25) is 0 Å². The first kappa shape index (κ1) is 17.0. The van der Waals surface area contributed by atoms with Crippen molar-refractivity contribution in [3.63, 3.8) is 0 Å². The predicted octanol–water partition coefficient (Wildman–Crippen LogP) is 1.72. The van der Waals surface area contributed by atoms with Crippen LogP contribution in [0.5, 0.6) is 5.75 Å². The number of hydrogen-bond acceptors (Lipinski definition) is 5. The summed E-state index contributed by atoms with van der Waals surface area (Å²) in [5.74, 6) is -0.939. The molecule has 23 heavy (non-hydrogen) atoms. The molecule has 2 rings (SSSR count). The molecule has 0 aliphatic carbocycles. The minimum atomic E-state index is -3.90. The quantitative estimate of drug-likeness (QED) is 0.778. The smallest absolute Gasteiger partial charge is 0.339 e. The standard InChI is InChI=1S/C16H17NO5S/c1-11-2-8-14(9-3-11)23(20,21)22-13-6-4-12(5-7-13)10-15(17)16(18)19/h2-9,15H,10,17H2,1H3,(H,18,19). The monoisotopic (exact) mass is 335 g/mol. The third-order valence-electron chi connectivity index (χ3n) is 3.21. The van der Waals surface area contributed by atoms with E-state index in [1.807, 2.05) is 6.92 Å². The first-order chi connectivity index (χ1) is 10.8. The van der Waals surface area contributed by atoms with Gasteiger partial charge in [0.2, 0.25) is 0 Å². The van der Waals surface area contributed by atoms with Gasteiger partial charge in [-0.25, -0.2) is 0 Å². The molecule has 0 bridgehead atoms. The van der Waals surface area contributed by atoms with Gasteiger partial charge in [0.1, 0.15) is 16.7 Å². The van der Waals surface area contributed by atoms with Crippen LogP contribution in [0.3, 0.4) is 0 Å². The van der Waals surface area contributed by atoms with E-state index in [-0.39, 0.29) is 17.1 Å². The first-order valence-corrected chi connectivity index (χ1v) is 8.27. The first-order valence-electron chi connectivity index (χ1n) is 6.86. The summed E-state index contributed by atoms with van der Waals surface area (Å²) < 4.78 is 29.3. The second-order valence-electron chi connectivity index (χ2n) is 5.14. The van der Waals surface area contributed by atoms with Crippen LogP contribution < -0.4 is 9.92 Å². The lowest BCUT2D eigenvalue weighted by Crippen LogP contribution is -2.32. The van der Waals surface area contributed by atoms with Gasteiger partial charge in [-0.3, -0.25) is 4.79 Å². The van der Waals surface area contributed by atoms with E-state index >= 15 is 0 Å². The van der Waals surface area contributed by atoms with Crippen LogP contribution in [-0.2, 0) is 21.3 Å². The summed E-state index contributed by atoms with van der Waals surface area (Å²) >= 11 is 0. The molecule has 0 aromatic heterocycles. The van der Waals surface area contributed by atoms with Gasteiger partial charge < -0.3 is 15.0 Å². The van der Waals surface area contributed by atoms with Gasteiger partial charge in [0.25, 0.3) is 0 Å². The van der Waals surface area contributed by atoms with Crippen molar-refractivity contribution < 1.29 is 22.5 Å². The second-order valence-corrected chi connectivity index (χ2v) is 6.69. The van der Waals surface area contributed by atoms with Gasteiger partial charge >= 0.3 is 16.1 Å². The van der Waals surface area contributed by atoms with Gasteiger partial charge in [0.05, 0.1) is 0 Å². The summed E-state index contributed by atoms with van der Waals surface area (Å²) in [6, 6.07) is 11.4. The Morgan fingerprint density at radius 2 is 1.70 bits per heavy atom. The zero-order valence-electron chi connectivity index (χ0n) is 12.5. The van der Waals surface area contributed by atoms with E-state index in [9.17, 15) is 13.2 Å². The molecule has 2 aromatic rings. The third kappa shape index (κ3) is 4.54. The van der Waals surface area contributed by atoms with Crippen LogP contribution >= 0.6 is 0 Å². The van der Waals surface area contributed by atoms with Crippen molar-refractivity contribution in [2.45, 2.75) is 24.3 Å². The minimum Gasteiger partial charge on any atom is -0.480 e. The number of aliphatic carboxylic acids is 1. The summed E-state index contributed by atoms with van der Waals surface area (Å²) in [7, 11) is -3.90. The van der Waals surface area contributed by atoms with E-state index in [0.29, 0.717) is 5.56 Å². The maximum absolute atomic E-state index is 12.1. The Labute approximate surface area is 134 Å². The lowest BCUT2D eigenvalue weighted by Gasteiger charge is -2.09. The SMILES string of the molecule is Cc1ccc(S(=O)(=O)Oc2ccc(CC(N)C(=O)O)cc2)cc1. The van der Waals surface area contributed by atoms with Crippen molar-refractivity contribution in [3.8, 4) is 5.75 Å². The average Bonchev–Trinajstić information content (AvgIpc) is 2.49. The van der Waals surface area contributed by atoms with Gasteiger partial charge in [0, 0.05) is 0 Å². The topological polar surface area (TPSA) is 107 Å². The normalized spacial score (nSPS) is 12.6. The molecule has 7 heteroatoms. The van der Waals surface area contributed by atoms with Crippen molar-refractivity contribution in [1.82, 2.24) is 0 Å². The van der Waals surface area contributed by atoms with E-state index < -0.39 is 22.1 Å². The molecule has 1 unspecified atom stereocenters. The lowest BCUT2D eigenvalue weighted by molar-refractivity contribution is -0.138. The van der Waals surface area contributed by atoms with E-state index in [2.05, 4.69) is 0 Å². The van der Waals surface area contributed by atoms with Crippen molar-refractivity contribution >= 4 is 16.1 Å². The van der Waals surface area contributed by atoms with E-state index in [4.69, 9.17) is 15.0 Å². The number of carboxylic acids is 1. The third-order valence-corrected chi connectivity index (χ3v) is 4.47. The van der Waals surface area contributed by atoms with Crippen LogP contribution in [0.4, 0.5) is 0 Å². The van der Waals surface area contributed by atoms with E-state index in [0.717, 1.165) is 5.56 Å². The predicted molar refractivity (Wildman–Crippen MR) is 84.8 cm³/mol. The van der Waals surface area contributed by atoms with Gasteiger partial charge in [-0.1, -0.05) is 29.8 Å². The highest BCUT2D eigenvalue weighted by Crippen LogP contribution is 2.20. The number of aryl methyl sites for hydroxylation is 1. The summed E-state index contributed by atoms with van der Waals surface area (Å²) in [5.41, 5.74) is 7.08. The molecule has 6 nitrogen and oxygen atoms in total. The Balaban J connectivity index is 2.11. The zero-order valence-corrected chi connectivity index (χ0v) is 13.3. The van der Waals surface area contributed by atoms with E-state index in [1.165, 1.54) is 24.3 Å². The van der Waals surface area contributed by atoms with Crippen molar-refractivity contribution in [2.75, 3.05) is 0 Å². The van der Waals surface area contributed by atoms with Gasteiger partial charge in [-0.05, 0) is 43.2 Å². The summed E-state index contributed by atoms with van der Waals surface area (Å²) in [6.45, 7) is 1.86. The highest BCUT2D eigenvalue weighted by molar-refractivity contribution is 7.87. The van der Waals surface area contributed by atoms with Gasteiger partial charge in [-0.15, -0.1) is 0 Å². The summed E-state index contributed by atoms with van der Waals surface area (Å²) in [5, 5.41) is 8.77. The Morgan fingerprint density at radius 3 is 2.22 bits per heavy atom. The molecule has 0 aliphatic rings. The van der Waals surface area contributed by atoms with Crippen molar-refractivity contribution in [2.24, 2.45) is 5.73 Å². The zero-order chi connectivity index (χ0) is 17.0. The highest BCUT2D eigenvalue weighted by Gasteiger charge is 2.17. The van der Waals surface area contributed by atoms with Crippen molar-refractivity contribution in [1.29, 1.82) is 0 Å². The second kappa shape index (κ2) is 6.80. The molecule has 0 heterocycles. The maximum Gasteiger partial charge on any atom is 0.339 e. The largest absolute Gasteiger partial charge is 0.480 e. The van der Waals surface area contributed by atoms with Gasteiger partial charge in [0.15, 0.2) is 0 Å². The van der Waals surface area contributed by atoms with Crippen LogP contribution in [-0.4, -0.2) is 25.5 Å². The van der Waals surface area contributed by atoms with Gasteiger partial charge in [-0.2, -0.15) is 8.42 Å². The molecule has 0 spiro atoms. The highest BCUT2D eigenvalue weighted by atomic mass is 32.2. The Kier molecular flexibility index (Phi) is 5.02. The lowest BCUT2D eigenvalue weighted by atomic mass is 10.1. The van der Waals surface area contributed by atoms with Crippen LogP contribution in [0.25, 0.3) is 0 Å². The number of nitrogens with two attached hydrogens (primary N) is 1. The Hall–Kier alpha value is -2.38. The fourth-order valence-corrected chi connectivity index (χ4v) is 2.83. The molecule has 122 valence electrons. The number of carboxylic acid groups (broad SMARTS) is 1. The molecule has 0 fully saturated rings. The number of carbonyl (C=O) groups is 1. The van der Waals surface area contributed by atoms with E-state index in [1.54, 1.807) is 24.3 Å². The Morgan fingerprint density at radius 1 is 1.13 bits per heavy atom. The van der Waals surface area contributed by atoms with Crippen LogP contribution in [0, 0.1) is 6.92 Å².